The predicted octanol–water partition coefficient (Wildman–Crippen LogP) is 7.19. The largest absolute Gasteiger partial charge is 0.493 e. The van der Waals surface area contributed by atoms with Crippen LogP contribution in [-0.2, 0) is 17.6 Å². The van der Waals surface area contributed by atoms with E-state index < -0.39 is 5.97 Å². The second kappa shape index (κ2) is 14.9. The second-order valence-electron chi connectivity index (χ2n) is 12.0. The number of hydrogen-bond donors (Lipinski definition) is 0. The van der Waals surface area contributed by atoms with Crippen molar-refractivity contribution >= 4 is 16.9 Å². The lowest BCUT2D eigenvalue weighted by Gasteiger charge is -2.38. The van der Waals surface area contributed by atoms with Crippen LogP contribution >= 0.6 is 0 Å². The normalized spacial score (nSPS) is 14.3. The summed E-state index contributed by atoms with van der Waals surface area (Å²) in [6.07, 6.45) is 2.18. The van der Waals surface area contributed by atoms with Crippen molar-refractivity contribution in [3.8, 4) is 34.3 Å². The smallest absolute Gasteiger partial charge is 0.341 e. The van der Waals surface area contributed by atoms with Gasteiger partial charge in [-0.3, -0.25) is 9.69 Å². The van der Waals surface area contributed by atoms with Crippen LogP contribution in [0.5, 0.6) is 23.0 Å². The molecular formula is C40H41NO8. The van der Waals surface area contributed by atoms with Crippen LogP contribution in [0.3, 0.4) is 0 Å². The molecule has 1 unspecified atom stereocenters. The molecule has 0 amide bonds. The minimum atomic E-state index is -0.528. The summed E-state index contributed by atoms with van der Waals surface area (Å²) < 4.78 is 34.4. The van der Waals surface area contributed by atoms with Crippen LogP contribution in [-0.4, -0.2) is 59.0 Å². The number of benzene rings is 4. The standard InChI is InChI=1S/C40H41NO8/c1-25-37(42)29-13-9-14-30(39(29)49-38(25)27-11-7-6-8-12-27)40(43)48-20-10-18-41-19-17-28-23-35(46-4)36(47-5)24-31(28)32(41)21-26-15-16-33(44-2)34(22-26)45-3/h6-9,11-16,22-24,32H,10,17-21H2,1-5H3. The third kappa shape index (κ3) is 6.85. The van der Waals surface area contributed by atoms with Gasteiger partial charge in [-0.05, 0) is 79.3 Å². The van der Waals surface area contributed by atoms with Gasteiger partial charge in [0.1, 0.15) is 11.3 Å². The molecule has 2 heterocycles. The van der Waals surface area contributed by atoms with Gasteiger partial charge in [0.05, 0.1) is 40.4 Å². The lowest BCUT2D eigenvalue weighted by Crippen LogP contribution is -2.37. The Morgan fingerprint density at radius 1 is 0.837 bits per heavy atom. The number of nitrogens with zero attached hydrogens (tertiary/aromatic N) is 1. The molecule has 0 fully saturated rings. The van der Waals surface area contributed by atoms with Gasteiger partial charge in [-0.2, -0.15) is 0 Å². The van der Waals surface area contributed by atoms with Crippen LogP contribution in [0.4, 0.5) is 0 Å². The molecule has 9 nitrogen and oxygen atoms in total. The molecule has 0 bridgehead atoms. The van der Waals surface area contributed by atoms with Gasteiger partial charge >= 0.3 is 5.97 Å². The van der Waals surface area contributed by atoms with Crippen molar-refractivity contribution in [3.05, 3.63) is 117 Å². The first kappa shape index (κ1) is 33.6. The fourth-order valence-electron chi connectivity index (χ4n) is 6.66. The lowest BCUT2D eigenvalue weighted by atomic mass is 9.88. The van der Waals surface area contributed by atoms with Crippen molar-refractivity contribution in [3.63, 3.8) is 0 Å². The fourth-order valence-corrected chi connectivity index (χ4v) is 6.66. The molecule has 0 N–H and O–H groups in total. The molecule has 5 aromatic rings. The highest BCUT2D eigenvalue weighted by atomic mass is 16.5. The van der Waals surface area contributed by atoms with Crippen LogP contribution in [0.25, 0.3) is 22.3 Å². The Morgan fingerprint density at radius 2 is 1.55 bits per heavy atom. The molecule has 1 atom stereocenters. The highest BCUT2D eigenvalue weighted by molar-refractivity contribution is 6.02. The van der Waals surface area contributed by atoms with E-state index in [0.29, 0.717) is 52.7 Å². The summed E-state index contributed by atoms with van der Waals surface area (Å²) in [6, 6.07) is 24.6. The van der Waals surface area contributed by atoms with E-state index >= 15 is 0 Å². The third-order valence-corrected chi connectivity index (χ3v) is 9.21. The predicted molar refractivity (Wildman–Crippen MR) is 188 cm³/mol. The maximum absolute atomic E-state index is 13.4. The number of ether oxygens (including phenoxy) is 5. The van der Waals surface area contributed by atoms with Gasteiger partial charge in [0.25, 0.3) is 0 Å². The Kier molecular flexibility index (Phi) is 10.2. The van der Waals surface area contributed by atoms with Gasteiger partial charge in [-0.1, -0.05) is 42.5 Å². The number of carbonyl (C=O) groups is 1. The minimum Gasteiger partial charge on any atom is -0.493 e. The molecule has 4 aromatic carbocycles. The van der Waals surface area contributed by atoms with E-state index in [4.69, 9.17) is 28.1 Å². The van der Waals surface area contributed by atoms with Gasteiger partial charge in [0.15, 0.2) is 34.0 Å². The molecule has 1 aliphatic heterocycles. The molecule has 0 spiro atoms. The van der Waals surface area contributed by atoms with E-state index in [1.807, 2.05) is 42.5 Å². The summed E-state index contributed by atoms with van der Waals surface area (Å²) in [5, 5.41) is 0.351. The topological polar surface area (TPSA) is 96.7 Å². The van der Waals surface area contributed by atoms with E-state index in [1.54, 1.807) is 53.6 Å². The lowest BCUT2D eigenvalue weighted by molar-refractivity contribution is 0.0479. The van der Waals surface area contributed by atoms with Crippen molar-refractivity contribution in [2.45, 2.75) is 32.2 Å². The fraction of sp³-hybridized carbons (Fsp3) is 0.300. The maximum atomic E-state index is 13.4. The second-order valence-corrected chi connectivity index (χ2v) is 12.0. The number of para-hydroxylation sites is 1. The van der Waals surface area contributed by atoms with E-state index in [2.05, 4.69) is 23.1 Å². The van der Waals surface area contributed by atoms with Crippen molar-refractivity contribution < 1.29 is 32.9 Å². The SMILES string of the molecule is COc1ccc(CC2c3cc(OC)c(OC)cc3CCN2CCCOC(=O)c2cccc3c(=O)c(C)c(-c4ccccc4)oc23)cc1OC. The van der Waals surface area contributed by atoms with Crippen molar-refractivity contribution in [2.75, 3.05) is 48.1 Å². The van der Waals surface area contributed by atoms with Gasteiger partial charge < -0.3 is 28.1 Å². The average Bonchev–Trinajstić information content (AvgIpc) is 3.14. The third-order valence-electron chi connectivity index (χ3n) is 9.21. The van der Waals surface area contributed by atoms with Crippen LogP contribution in [0.1, 0.15) is 45.1 Å². The van der Waals surface area contributed by atoms with Gasteiger partial charge in [0.2, 0.25) is 0 Å². The Bertz CT molecular complexity index is 2020. The van der Waals surface area contributed by atoms with Gasteiger partial charge in [-0.15, -0.1) is 0 Å². The van der Waals surface area contributed by atoms with Crippen LogP contribution in [0.2, 0.25) is 0 Å². The summed E-state index contributed by atoms with van der Waals surface area (Å²) in [4.78, 5) is 29.1. The Balaban J connectivity index is 1.21. The number of fused-ring (bicyclic) bond motifs is 2. The maximum Gasteiger partial charge on any atom is 0.341 e. The molecule has 1 aliphatic rings. The Hall–Kier alpha value is -5.28. The van der Waals surface area contributed by atoms with Crippen molar-refractivity contribution in [1.82, 2.24) is 4.90 Å². The van der Waals surface area contributed by atoms with Crippen LogP contribution in [0.15, 0.2) is 88.1 Å². The quantitative estimate of drug-likeness (QED) is 0.102. The first-order chi connectivity index (χ1) is 23.9. The highest BCUT2D eigenvalue weighted by Crippen LogP contribution is 2.40. The van der Waals surface area contributed by atoms with E-state index in [-0.39, 0.29) is 29.2 Å². The zero-order chi connectivity index (χ0) is 34.5. The summed E-state index contributed by atoms with van der Waals surface area (Å²) in [5.41, 5.74) is 5.04. The molecule has 0 saturated carbocycles. The van der Waals surface area contributed by atoms with E-state index in [9.17, 15) is 9.59 Å². The van der Waals surface area contributed by atoms with Crippen molar-refractivity contribution in [1.29, 1.82) is 0 Å². The number of methoxy groups -OCH3 is 4. The van der Waals surface area contributed by atoms with Crippen LogP contribution in [0, 0.1) is 6.92 Å². The molecule has 49 heavy (non-hydrogen) atoms. The molecule has 0 radical (unpaired) electrons. The summed E-state index contributed by atoms with van der Waals surface area (Å²) in [6.45, 7) is 3.46. The number of carbonyl (C=O) groups excluding carboxylic acids is 1. The first-order valence-electron chi connectivity index (χ1n) is 16.4. The summed E-state index contributed by atoms with van der Waals surface area (Å²) in [7, 11) is 6.56. The summed E-state index contributed by atoms with van der Waals surface area (Å²) in [5.74, 6) is 2.66. The van der Waals surface area contributed by atoms with E-state index in [0.717, 1.165) is 30.5 Å². The Morgan fingerprint density at radius 3 is 2.29 bits per heavy atom. The zero-order valence-corrected chi connectivity index (χ0v) is 28.5. The zero-order valence-electron chi connectivity index (χ0n) is 28.5. The van der Waals surface area contributed by atoms with Crippen LogP contribution < -0.4 is 24.4 Å². The first-order valence-corrected chi connectivity index (χ1v) is 16.4. The molecule has 254 valence electrons. The molecule has 0 aliphatic carbocycles. The minimum absolute atomic E-state index is 0.0318. The van der Waals surface area contributed by atoms with Gasteiger partial charge in [-0.25, -0.2) is 4.79 Å². The molecule has 0 saturated heterocycles. The highest BCUT2D eigenvalue weighted by Gasteiger charge is 2.30. The average molecular weight is 664 g/mol. The van der Waals surface area contributed by atoms with Gasteiger partial charge in [0, 0.05) is 30.3 Å². The monoisotopic (exact) mass is 663 g/mol. The molecule has 6 rings (SSSR count). The van der Waals surface area contributed by atoms with E-state index in [1.165, 1.54) is 11.1 Å². The number of esters is 1. The number of hydrogen-bond acceptors (Lipinski definition) is 9. The Labute approximate surface area is 285 Å². The van der Waals surface area contributed by atoms with Crippen molar-refractivity contribution in [2.24, 2.45) is 0 Å². The number of rotatable bonds is 12. The summed E-state index contributed by atoms with van der Waals surface area (Å²) >= 11 is 0. The molecule has 1 aromatic heterocycles. The molecular weight excluding hydrogens is 622 g/mol. The molecule has 9 heteroatoms.